The molecule has 8 heteroatoms. The zero-order chi connectivity index (χ0) is 19.2. The maximum atomic E-state index is 11.9. The van der Waals surface area contributed by atoms with E-state index in [1.165, 1.54) is 23.7 Å². The molecule has 0 saturated heterocycles. The minimum absolute atomic E-state index is 0.0404. The molecule has 7 nitrogen and oxygen atoms in total. The largest absolute Gasteiger partial charge is 0.456 e. The van der Waals surface area contributed by atoms with Gasteiger partial charge in [-0.2, -0.15) is 0 Å². The number of benzene rings is 1. The fourth-order valence-electron chi connectivity index (χ4n) is 2.47. The Morgan fingerprint density at radius 2 is 2.11 bits per heavy atom. The fraction of sp³-hybridized carbons (Fsp3) is 0.100. The number of oxazole rings is 1. The summed E-state index contributed by atoms with van der Waals surface area (Å²) in [6, 6.07) is 13.8. The Kier molecular flexibility index (Phi) is 5.39. The third-order valence-corrected chi connectivity index (χ3v) is 4.64. The topological polar surface area (TPSA) is 83.0 Å². The molecule has 0 bridgehead atoms. The molecule has 0 spiro atoms. The quantitative estimate of drug-likeness (QED) is 0.351. The SMILES string of the molecule is O=C(/C=C/c1cn(Cc2ccccc2)nn1)OCc1coc(-c2cccs2)n1. The van der Waals surface area contributed by atoms with Crippen LogP contribution in [0.3, 0.4) is 0 Å². The van der Waals surface area contributed by atoms with Crippen molar-refractivity contribution in [1.82, 2.24) is 20.0 Å². The lowest BCUT2D eigenvalue weighted by atomic mass is 10.2. The molecule has 0 atom stereocenters. The number of carbonyl (C=O) groups is 1. The molecule has 0 unspecified atom stereocenters. The Balaban J connectivity index is 1.28. The first kappa shape index (κ1) is 17.9. The first-order valence-corrected chi connectivity index (χ1v) is 9.41. The van der Waals surface area contributed by atoms with E-state index in [-0.39, 0.29) is 6.61 Å². The van der Waals surface area contributed by atoms with E-state index >= 15 is 0 Å². The van der Waals surface area contributed by atoms with E-state index < -0.39 is 5.97 Å². The summed E-state index contributed by atoms with van der Waals surface area (Å²) in [5, 5.41) is 10.0. The van der Waals surface area contributed by atoms with Crippen LogP contribution in [0.1, 0.15) is 17.0 Å². The highest BCUT2D eigenvalue weighted by Crippen LogP contribution is 2.23. The number of nitrogens with zero attached hydrogens (tertiary/aromatic N) is 4. The van der Waals surface area contributed by atoms with Crippen molar-refractivity contribution in [3.63, 3.8) is 0 Å². The highest BCUT2D eigenvalue weighted by Gasteiger charge is 2.09. The van der Waals surface area contributed by atoms with E-state index in [0.29, 0.717) is 23.8 Å². The van der Waals surface area contributed by atoms with Crippen molar-refractivity contribution in [3.8, 4) is 10.8 Å². The molecule has 0 radical (unpaired) electrons. The van der Waals surface area contributed by atoms with Crippen molar-refractivity contribution in [1.29, 1.82) is 0 Å². The molecular weight excluding hydrogens is 376 g/mol. The second-order valence-corrected chi connectivity index (χ2v) is 6.84. The van der Waals surface area contributed by atoms with Crippen molar-refractivity contribution in [2.24, 2.45) is 0 Å². The van der Waals surface area contributed by atoms with Crippen LogP contribution in [0.15, 0.2) is 70.8 Å². The van der Waals surface area contributed by atoms with Crippen LogP contribution in [-0.2, 0) is 22.7 Å². The van der Waals surface area contributed by atoms with Crippen LogP contribution in [0.5, 0.6) is 0 Å². The molecule has 3 aromatic heterocycles. The van der Waals surface area contributed by atoms with Gasteiger partial charge >= 0.3 is 5.97 Å². The average Bonchev–Trinajstić information content (AvgIpc) is 3.47. The molecular formula is C20H16N4O3S. The molecule has 0 aliphatic carbocycles. The van der Waals surface area contributed by atoms with Gasteiger partial charge in [0.15, 0.2) is 0 Å². The lowest BCUT2D eigenvalue weighted by Crippen LogP contribution is -2.01. The van der Waals surface area contributed by atoms with Gasteiger partial charge in [0.25, 0.3) is 0 Å². The normalized spacial score (nSPS) is 11.1. The summed E-state index contributed by atoms with van der Waals surface area (Å²) < 4.78 is 12.3. The lowest BCUT2D eigenvalue weighted by Gasteiger charge is -1.99. The number of rotatable bonds is 7. The summed E-state index contributed by atoms with van der Waals surface area (Å²) in [4.78, 5) is 17.1. The summed E-state index contributed by atoms with van der Waals surface area (Å²) in [6.45, 7) is 0.656. The van der Waals surface area contributed by atoms with E-state index in [4.69, 9.17) is 9.15 Å². The zero-order valence-corrected chi connectivity index (χ0v) is 15.6. The van der Waals surface area contributed by atoms with Crippen molar-refractivity contribution >= 4 is 23.4 Å². The van der Waals surface area contributed by atoms with Gasteiger partial charge in [-0.25, -0.2) is 14.5 Å². The summed E-state index contributed by atoms with van der Waals surface area (Å²) in [6.07, 6.45) is 6.14. The number of hydrogen-bond donors (Lipinski definition) is 0. The van der Waals surface area contributed by atoms with Crippen LogP contribution in [0.2, 0.25) is 0 Å². The molecule has 0 fully saturated rings. The smallest absolute Gasteiger partial charge is 0.331 e. The van der Waals surface area contributed by atoms with E-state index in [2.05, 4.69) is 15.3 Å². The molecule has 0 aliphatic heterocycles. The van der Waals surface area contributed by atoms with Crippen LogP contribution < -0.4 is 0 Å². The maximum Gasteiger partial charge on any atom is 0.331 e. The van der Waals surface area contributed by atoms with Crippen molar-refractivity contribution in [2.75, 3.05) is 0 Å². The van der Waals surface area contributed by atoms with E-state index in [0.717, 1.165) is 10.4 Å². The molecule has 28 heavy (non-hydrogen) atoms. The van der Waals surface area contributed by atoms with Crippen LogP contribution in [0, 0.1) is 0 Å². The molecule has 0 aliphatic rings. The molecule has 0 saturated carbocycles. The van der Waals surface area contributed by atoms with Crippen molar-refractivity contribution < 1.29 is 13.9 Å². The second-order valence-electron chi connectivity index (χ2n) is 5.89. The third kappa shape index (κ3) is 4.60. The van der Waals surface area contributed by atoms with Gasteiger partial charge in [0.05, 0.1) is 17.6 Å². The van der Waals surface area contributed by atoms with Gasteiger partial charge in [0.1, 0.15) is 24.3 Å². The first-order valence-electron chi connectivity index (χ1n) is 8.53. The minimum Gasteiger partial charge on any atom is -0.456 e. The zero-order valence-electron chi connectivity index (χ0n) is 14.8. The highest BCUT2D eigenvalue weighted by atomic mass is 32.1. The van der Waals surface area contributed by atoms with Gasteiger partial charge in [0.2, 0.25) is 5.89 Å². The number of thiophene rings is 1. The van der Waals surface area contributed by atoms with E-state index in [1.54, 1.807) is 17.0 Å². The van der Waals surface area contributed by atoms with Gasteiger partial charge in [-0.3, -0.25) is 0 Å². The van der Waals surface area contributed by atoms with Crippen molar-refractivity contribution in [3.05, 3.63) is 83.3 Å². The molecule has 0 amide bonds. The lowest BCUT2D eigenvalue weighted by molar-refractivity contribution is -0.139. The Hall–Kier alpha value is -3.52. The summed E-state index contributed by atoms with van der Waals surface area (Å²) in [5.74, 6) is 0.0323. The predicted octanol–water partition coefficient (Wildman–Crippen LogP) is 3.80. The Morgan fingerprint density at radius 3 is 2.93 bits per heavy atom. The number of carbonyl (C=O) groups excluding carboxylic acids is 1. The Morgan fingerprint density at radius 1 is 1.21 bits per heavy atom. The number of ether oxygens (including phenoxy) is 1. The molecule has 4 aromatic rings. The Bertz CT molecular complexity index is 1070. The Labute approximate surface area is 164 Å². The highest BCUT2D eigenvalue weighted by molar-refractivity contribution is 7.13. The molecule has 4 rings (SSSR count). The van der Waals surface area contributed by atoms with Crippen LogP contribution in [0.25, 0.3) is 16.8 Å². The average molecular weight is 392 g/mol. The molecule has 0 N–H and O–H groups in total. The second kappa shape index (κ2) is 8.45. The number of aromatic nitrogens is 4. The molecule has 140 valence electrons. The third-order valence-electron chi connectivity index (χ3n) is 3.78. The predicted molar refractivity (Wildman–Crippen MR) is 104 cm³/mol. The summed E-state index contributed by atoms with van der Waals surface area (Å²) in [7, 11) is 0. The number of hydrogen-bond acceptors (Lipinski definition) is 7. The van der Waals surface area contributed by atoms with Gasteiger partial charge in [-0.05, 0) is 23.1 Å². The molecule has 3 heterocycles. The number of esters is 1. The summed E-state index contributed by atoms with van der Waals surface area (Å²) >= 11 is 1.53. The van der Waals surface area contributed by atoms with E-state index in [9.17, 15) is 4.79 Å². The minimum atomic E-state index is -0.488. The van der Waals surface area contributed by atoms with Gasteiger partial charge in [-0.15, -0.1) is 16.4 Å². The fourth-order valence-corrected chi connectivity index (χ4v) is 3.13. The standard InChI is InChI=1S/C20H16N4O3S/c25-19(26-13-17-14-27-20(21-17)18-7-4-10-28-18)9-8-16-12-24(23-22-16)11-15-5-2-1-3-6-15/h1-10,12,14H,11,13H2/b9-8+. The van der Waals surface area contributed by atoms with Crippen LogP contribution in [-0.4, -0.2) is 25.9 Å². The monoisotopic (exact) mass is 392 g/mol. The first-order chi connectivity index (χ1) is 13.8. The van der Waals surface area contributed by atoms with Crippen molar-refractivity contribution in [2.45, 2.75) is 13.2 Å². The van der Waals surface area contributed by atoms with Crippen LogP contribution in [0.4, 0.5) is 0 Å². The summed E-state index contributed by atoms with van der Waals surface area (Å²) in [5.41, 5.74) is 2.25. The van der Waals surface area contributed by atoms with E-state index in [1.807, 2.05) is 47.8 Å². The van der Waals surface area contributed by atoms with Crippen LogP contribution >= 0.6 is 11.3 Å². The van der Waals surface area contributed by atoms with Gasteiger partial charge in [0, 0.05) is 6.08 Å². The van der Waals surface area contributed by atoms with Gasteiger partial charge < -0.3 is 9.15 Å². The molecule has 1 aromatic carbocycles. The maximum absolute atomic E-state index is 11.9. The van der Waals surface area contributed by atoms with Gasteiger partial charge in [-0.1, -0.05) is 41.6 Å².